The molecule has 1 aromatic carbocycles. The number of thiazole rings is 1. The molecule has 0 radical (unpaired) electrons. The predicted molar refractivity (Wildman–Crippen MR) is 233 cm³/mol. The van der Waals surface area contributed by atoms with Gasteiger partial charge in [-0.15, -0.1) is 32.9 Å². The Morgan fingerprint density at radius 2 is 1.02 bits per heavy atom. The van der Waals surface area contributed by atoms with Gasteiger partial charge in [0.05, 0.1) is 32.3 Å². The van der Waals surface area contributed by atoms with Crippen molar-refractivity contribution in [3.8, 4) is 0 Å². The van der Waals surface area contributed by atoms with E-state index in [9.17, 15) is 0 Å². The van der Waals surface area contributed by atoms with Gasteiger partial charge in [-0.2, -0.15) is 13.8 Å². The van der Waals surface area contributed by atoms with Gasteiger partial charge >= 0.3 is 0 Å². The summed E-state index contributed by atoms with van der Waals surface area (Å²) in [5.41, 5.74) is 15.3. The number of aryl methyl sites for hydroxylation is 13. The minimum Gasteiger partial charge on any atom is -0.335 e. The van der Waals surface area contributed by atoms with Crippen LogP contribution >= 0.6 is 45.7 Å². The summed E-state index contributed by atoms with van der Waals surface area (Å²) in [4.78, 5) is 14.2. The zero-order valence-corrected chi connectivity index (χ0v) is 39.4. The number of aromatic nitrogens is 10. The monoisotopic (exact) mass is 808 g/mol. The number of nitrogens with zero attached hydrogens (tertiary/aromatic N) is 10. The molecule has 0 spiro atoms. The van der Waals surface area contributed by atoms with Gasteiger partial charge in [0, 0.05) is 30.4 Å². The highest BCUT2D eigenvalue weighted by Crippen LogP contribution is 2.32. The number of rotatable bonds is 0. The molecule has 294 valence electrons. The zero-order chi connectivity index (χ0) is 41.2. The average molecular weight is 809 g/mol. The first kappa shape index (κ1) is 46.4. The fourth-order valence-electron chi connectivity index (χ4n) is 4.93. The molecule has 6 heterocycles. The SMILES string of the molecule is Cc1nc(C)n(C)c1C.Cc1nc2c(C)c(C)c(C)c(C)c2s1.Cc1nn(C)c(C)c1C.Cc1nnc(C)s1.Cc1nsc(C)c1C.Cc1nsc(C)n1. The van der Waals surface area contributed by atoms with Crippen molar-refractivity contribution in [2.45, 2.75) is 125 Å². The van der Waals surface area contributed by atoms with Gasteiger partial charge in [-0.25, -0.2) is 15.0 Å². The van der Waals surface area contributed by atoms with E-state index in [2.05, 4.69) is 113 Å². The Bertz CT molecular complexity index is 2030. The summed E-state index contributed by atoms with van der Waals surface area (Å²) < 4.78 is 13.5. The van der Waals surface area contributed by atoms with E-state index in [1.165, 1.54) is 77.1 Å². The van der Waals surface area contributed by atoms with Gasteiger partial charge in [0.1, 0.15) is 26.7 Å². The van der Waals surface area contributed by atoms with E-state index < -0.39 is 0 Å². The quantitative estimate of drug-likeness (QED) is 0.149. The van der Waals surface area contributed by atoms with Crippen molar-refractivity contribution in [2.24, 2.45) is 14.1 Å². The summed E-state index contributed by atoms with van der Waals surface area (Å²) in [5.74, 6) is 1.97. The van der Waals surface area contributed by atoms with E-state index in [0.717, 1.165) is 43.1 Å². The molecule has 0 unspecified atom stereocenters. The third-order valence-corrected chi connectivity index (χ3v) is 13.0. The van der Waals surface area contributed by atoms with Crippen LogP contribution in [0.2, 0.25) is 0 Å². The molecule has 0 aliphatic heterocycles. The van der Waals surface area contributed by atoms with Crippen molar-refractivity contribution in [3.63, 3.8) is 0 Å². The molecule has 0 aliphatic carbocycles. The highest BCUT2D eigenvalue weighted by atomic mass is 32.1. The second kappa shape index (κ2) is 20.8. The molecule has 54 heavy (non-hydrogen) atoms. The van der Waals surface area contributed by atoms with Crippen LogP contribution in [0.3, 0.4) is 0 Å². The van der Waals surface area contributed by atoms with Gasteiger partial charge in [-0.3, -0.25) is 4.68 Å². The third kappa shape index (κ3) is 13.0. The minimum absolute atomic E-state index is 0.877. The van der Waals surface area contributed by atoms with Crippen LogP contribution in [0.25, 0.3) is 10.2 Å². The molecular weight excluding hydrogens is 749 g/mol. The fourth-order valence-corrected chi connectivity index (χ4v) is 7.73. The Labute approximate surface area is 339 Å². The molecule has 7 aromatic rings. The molecule has 7 rings (SSSR count). The standard InChI is InChI=1S/C12H15NS.2C7H12N2.C6H9NS.2C4H6N2S/c1-6-7(2)9(4)12-11(8(6)3)13-10(5)14-12;1-5-6(2)9(4)7(3)8-5;1-5-6(2)8-9(4)7(5)3;1-4-5(2)7-8-6(4)3;1-3-5-6-4(2)7-3;1-3-5-4(2)7-6-3/h1-5H3;2*1-4H3;1-3H3;2*1-2H3. The van der Waals surface area contributed by atoms with Gasteiger partial charge in [-0.1, -0.05) is 0 Å². The predicted octanol–water partition coefficient (Wildman–Crippen LogP) is 10.9. The number of fused-ring (bicyclic) bond motifs is 1. The topological polar surface area (TPSA) is 113 Å². The number of hydrogen-bond donors (Lipinski definition) is 0. The summed E-state index contributed by atoms with van der Waals surface area (Å²) in [7, 11) is 4.00. The molecule has 0 fully saturated rings. The highest BCUT2D eigenvalue weighted by molar-refractivity contribution is 7.18. The van der Waals surface area contributed by atoms with E-state index in [4.69, 9.17) is 0 Å². The van der Waals surface area contributed by atoms with E-state index in [1.807, 2.05) is 74.2 Å². The van der Waals surface area contributed by atoms with Crippen LogP contribution in [-0.2, 0) is 14.1 Å². The summed E-state index contributed by atoms with van der Waals surface area (Å²) >= 11 is 6.45. The molecular formula is C40H60N10S4. The average Bonchev–Trinajstić information content (AvgIpc) is 3.96. The van der Waals surface area contributed by atoms with Crippen molar-refractivity contribution in [2.75, 3.05) is 0 Å². The van der Waals surface area contributed by atoms with Crippen molar-refractivity contribution in [3.05, 3.63) is 98.4 Å². The molecule has 10 nitrogen and oxygen atoms in total. The number of benzene rings is 1. The molecule has 0 atom stereocenters. The van der Waals surface area contributed by atoms with Gasteiger partial charge in [0.15, 0.2) is 0 Å². The summed E-state index contributed by atoms with van der Waals surface area (Å²) in [6.45, 7) is 37.1. The van der Waals surface area contributed by atoms with E-state index in [1.54, 1.807) is 34.2 Å². The lowest BCUT2D eigenvalue weighted by atomic mass is 9.99. The molecule has 0 bridgehead atoms. The molecule has 0 N–H and O–H groups in total. The zero-order valence-electron chi connectivity index (χ0n) is 36.1. The highest BCUT2D eigenvalue weighted by Gasteiger charge is 2.12. The Morgan fingerprint density at radius 3 is 1.28 bits per heavy atom. The van der Waals surface area contributed by atoms with E-state index in [0.29, 0.717) is 0 Å². The van der Waals surface area contributed by atoms with Crippen LogP contribution in [0.1, 0.15) is 98.4 Å². The first-order chi connectivity index (χ1) is 25.1. The van der Waals surface area contributed by atoms with Crippen molar-refractivity contribution < 1.29 is 0 Å². The van der Waals surface area contributed by atoms with Crippen LogP contribution in [0.15, 0.2) is 0 Å². The Hall–Kier alpha value is -3.72. The number of hydrogen-bond acceptors (Lipinski definition) is 12. The van der Waals surface area contributed by atoms with Gasteiger partial charge in [0.25, 0.3) is 0 Å². The smallest absolute Gasteiger partial charge is 0.139 e. The lowest BCUT2D eigenvalue weighted by molar-refractivity contribution is 0.730. The van der Waals surface area contributed by atoms with Crippen molar-refractivity contribution in [1.29, 1.82) is 0 Å². The normalized spacial score (nSPS) is 10.2. The molecule has 6 aromatic heterocycles. The Morgan fingerprint density at radius 1 is 0.444 bits per heavy atom. The number of imidazole rings is 1. The second-order valence-electron chi connectivity index (χ2n) is 13.4. The molecule has 14 heteroatoms. The van der Waals surface area contributed by atoms with Gasteiger partial charge in [0.2, 0.25) is 0 Å². The van der Waals surface area contributed by atoms with Gasteiger partial charge in [-0.05, 0) is 181 Å². The van der Waals surface area contributed by atoms with Gasteiger partial charge < -0.3 is 4.57 Å². The minimum atomic E-state index is 0.877. The fraction of sp³-hybridized carbons (Fsp3) is 0.500. The lowest BCUT2D eigenvalue weighted by Crippen LogP contribution is -1.92. The molecule has 0 saturated carbocycles. The maximum Gasteiger partial charge on any atom is 0.139 e. The van der Waals surface area contributed by atoms with E-state index >= 15 is 0 Å². The second-order valence-corrected chi connectivity index (χ2v) is 17.9. The van der Waals surface area contributed by atoms with Crippen LogP contribution in [0, 0.1) is 125 Å². The third-order valence-electron chi connectivity index (χ3n) is 9.48. The largest absolute Gasteiger partial charge is 0.335 e. The maximum absolute atomic E-state index is 4.59. The summed E-state index contributed by atoms with van der Waals surface area (Å²) in [6, 6.07) is 0. The summed E-state index contributed by atoms with van der Waals surface area (Å²) in [6.07, 6.45) is 0. The van der Waals surface area contributed by atoms with Crippen LogP contribution in [0.5, 0.6) is 0 Å². The van der Waals surface area contributed by atoms with Crippen molar-refractivity contribution >= 4 is 56.0 Å². The van der Waals surface area contributed by atoms with Crippen molar-refractivity contribution in [1.82, 2.24) is 48.2 Å². The molecule has 0 amide bonds. The first-order valence-electron chi connectivity index (χ1n) is 17.8. The molecule has 0 aliphatic rings. The maximum atomic E-state index is 4.59. The van der Waals surface area contributed by atoms with Crippen LogP contribution < -0.4 is 0 Å². The van der Waals surface area contributed by atoms with E-state index in [-0.39, 0.29) is 0 Å². The van der Waals surface area contributed by atoms with Crippen LogP contribution in [0.4, 0.5) is 0 Å². The Balaban J connectivity index is 0.000000229. The molecule has 0 saturated heterocycles. The van der Waals surface area contributed by atoms with Crippen LogP contribution in [-0.4, -0.2) is 48.2 Å². The first-order valence-corrected chi connectivity index (χ1v) is 20.9. The Kier molecular flexibility index (Phi) is 17.9. The summed E-state index contributed by atoms with van der Waals surface area (Å²) in [5, 5.41) is 16.1. The lowest BCUT2D eigenvalue weighted by Gasteiger charge is -2.09.